The van der Waals surface area contributed by atoms with Crippen LogP contribution < -0.4 is 9.62 Å². The number of nitrogens with zero attached hydrogens (tertiary/aromatic N) is 2. The van der Waals surface area contributed by atoms with Crippen molar-refractivity contribution in [1.29, 1.82) is 0 Å². The van der Waals surface area contributed by atoms with Crippen molar-refractivity contribution in [3.8, 4) is 11.8 Å². The molecular weight excluding hydrogens is 422 g/mol. The number of amides is 1. The van der Waals surface area contributed by atoms with E-state index in [9.17, 15) is 13.2 Å². The molecule has 3 aromatic carbocycles. The van der Waals surface area contributed by atoms with Crippen molar-refractivity contribution < 1.29 is 13.2 Å². The number of hydrogen-bond acceptors (Lipinski definition) is 4. The third kappa shape index (κ3) is 3.57. The van der Waals surface area contributed by atoms with Gasteiger partial charge in [0.15, 0.2) is 0 Å². The van der Waals surface area contributed by atoms with Crippen LogP contribution in [0, 0.1) is 11.8 Å². The summed E-state index contributed by atoms with van der Waals surface area (Å²) >= 11 is 0. The Hall–Kier alpha value is -4.15. The van der Waals surface area contributed by atoms with E-state index in [1.54, 1.807) is 48.7 Å². The zero-order valence-corrected chi connectivity index (χ0v) is 17.6. The highest BCUT2D eigenvalue weighted by Crippen LogP contribution is 2.41. The average Bonchev–Trinajstić information content (AvgIpc) is 3.02. The number of rotatable bonds is 3. The molecule has 0 fully saturated rings. The molecule has 2 heterocycles. The fourth-order valence-corrected chi connectivity index (χ4v) is 5.37. The highest BCUT2D eigenvalue weighted by atomic mass is 32.2. The maximum absolute atomic E-state index is 13.0. The maximum atomic E-state index is 13.0. The second-order valence-corrected chi connectivity index (χ2v) is 9.07. The number of aromatic nitrogens is 1. The SMILES string of the molecule is O=C(CN1c2cccc3cccc(c23)S1(=O)=O)Nc1cccc(C#Cc2ccccn2)c1. The minimum absolute atomic E-state index is 0.227. The van der Waals surface area contributed by atoms with Gasteiger partial charge in [0.2, 0.25) is 5.91 Å². The van der Waals surface area contributed by atoms with Crippen LogP contribution in [0.3, 0.4) is 0 Å². The van der Waals surface area contributed by atoms with Crippen LogP contribution in [0.5, 0.6) is 0 Å². The molecule has 1 aliphatic rings. The lowest BCUT2D eigenvalue weighted by Crippen LogP contribution is -2.35. The van der Waals surface area contributed by atoms with Crippen LogP contribution in [0.2, 0.25) is 0 Å². The summed E-state index contributed by atoms with van der Waals surface area (Å²) in [5, 5.41) is 4.25. The van der Waals surface area contributed by atoms with Gasteiger partial charge in [-0.2, -0.15) is 0 Å². The van der Waals surface area contributed by atoms with E-state index in [0.717, 1.165) is 9.69 Å². The summed E-state index contributed by atoms with van der Waals surface area (Å²) in [4.78, 5) is 17.1. The van der Waals surface area contributed by atoms with Crippen molar-refractivity contribution in [3.63, 3.8) is 0 Å². The number of carbonyl (C=O) groups excluding carboxylic acids is 1. The summed E-state index contributed by atoms with van der Waals surface area (Å²) in [5.41, 5.74) is 2.41. The topological polar surface area (TPSA) is 79.4 Å². The molecule has 7 heteroatoms. The van der Waals surface area contributed by atoms with Gasteiger partial charge in [-0.15, -0.1) is 0 Å². The number of nitrogens with one attached hydrogen (secondary N) is 1. The van der Waals surface area contributed by atoms with Gasteiger partial charge in [0.1, 0.15) is 12.2 Å². The summed E-state index contributed by atoms with van der Waals surface area (Å²) in [6.07, 6.45) is 1.67. The predicted molar refractivity (Wildman–Crippen MR) is 124 cm³/mol. The van der Waals surface area contributed by atoms with Crippen LogP contribution in [-0.4, -0.2) is 25.9 Å². The largest absolute Gasteiger partial charge is 0.324 e. The van der Waals surface area contributed by atoms with E-state index in [1.807, 2.05) is 36.4 Å². The molecule has 0 bridgehead atoms. The van der Waals surface area contributed by atoms with E-state index in [4.69, 9.17) is 0 Å². The molecule has 1 aliphatic heterocycles. The summed E-state index contributed by atoms with van der Waals surface area (Å²) in [6, 6.07) is 23.1. The average molecular weight is 439 g/mol. The second-order valence-electron chi connectivity index (χ2n) is 7.24. The third-order valence-electron chi connectivity index (χ3n) is 5.11. The van der Waals surface area contributed by atoms with Gasteiger partial charge in [0, 0.05) is 22.8 Å². The van der Waals surface area contributed by atoms with Gasteiger partial charge < -0.3 is 5.32 Å². The molecule has 0 aliphatic carbocycles. The molecule has 4 aromatic rings. The quantitative estimate of drug-likeness (QED) is 0.493. The highest BCUT2D eigenvalue weighted by Gasteiger charge is 2.36. The van der Waals surface area contributed by atoms with Crippen LogP contribution in [0.4, 0.5) is 11.4 Å². The normalized spacial score (nSPS) is 13.4. The lowest BCUT2D eigenvalue weighted by molar-refractivity contribution is -0.114. The number of sulfonamides is 1. The molecule has 32 heavy (non-hydrogen) atoms. The molecule has 1 aromatic heterocycles. The van der Waals surface area contributed by atoms with E-state index in [2.05, 4.69) is 22.1 Å². The first-order valence-electron chi connectivity index (χ1n) is 9.90. The molecule has 6 nitrogen and oxygen atoms in total. The Morgan fingerprint density at radius 1 is 0.938 bits per heavy atom. The molecule has 5 rings (SSSR count). The first kappa shape index (κ1) is 19.8. The van der Waals surface area contributed by atoms with Crippen molar-refractivity contribution in [2.75, 3.05) is 16.2 Å². The highest BCUT2D eigenvalue weighted by molar-refractivity contribution is 7.93. The van der Waals surface area contributed by atoms with Crippen LogP contribution in [-0.2, 0) is 14.8 Å². The molecule has 0 atom stereocenters. The van der Waals surface area contributed by atoms with Gasteiger partial charge in [0.05, 0.1) is 10.6 Å². The van der Waals surface area contributed by atoms with Gasteiger partial charge in [0.25, 0.3) is 10.0 Å². The van der Waals surface area contributed by atoms with Gasteiger partial charge in [-0.25, -0.2) is 13.4 Å². The zero-order chi connectivity index (χ0) is 22.1. The zero-order valence-electron chi connectivity index (χ0n) is 16.8. The summed E-state index contributed by atoms with van der Waals surface area (Å²) in [5.74, 6) is 5.55. The minimum Gasteiger partial charge on any atom is -0.324 e. The Bertz CT molecular complexity index is 1520. The van der Waals surface area contributed by atoms with Crippen LogP contribution in [0.15, 0.2) is 90.0 Å². The fraction of sp³-hybridized carbons (Fsp3) is 0.0400. The van der Waals surface area contributed by atoms with Crippen molar-refractivity contribution >= 4 is 38.1 Å². The van der Waals surface area contributed by atoms with Gasteiger partial charge >= 0.3 is 0 Å². The van der Waals surface area contributed by atoms with E-state index in [1.165, 1.54) is 0 Å². The molecule has 0 spiro atoms. The summed E-state index contributed by atoms with van der Waals surface area (Å²) in [6.45, 7) is -0.319. The number of carbonyl (C=O) groups is 1. The second kappa shape index (κ2) is 7.84. The van der Waals surface area contributed by atoms with E-state index in [-0.39, 0.29) is 11.4 Å². The lowest BCUT2D eigenvalue weighted by Gasteiger charge is -2.18. The monoisotopic (exact) mass is 439 g/mol. The number of anilines is 2. The Morgan fingerprint density at radius 3 is 2.56 bits per heavy atom. The van der Waals surface area contributed by atoms with Crippen molar-refractivity contribution in [2.24, 2.45) is 0 Å². The molecule has 0 saturated heterocycles. The summed E-state index contributed by atoms with van der Waals surface area (Å²) in [7, 11) is -3.79. The minimum atomic E-state index is -3.79. The van der Waals surface area contributed by atoms with E-state index < -0.39 is 15.9 Å². The Kier molecular flexibility index (Phi) is 4.85. The fourth-order valence-electron chi connectivity index (χ4n) is 3.71. The first-order valence-corrected chi connectivity index (χ1v) is 11.3. The number of pyridine rings is 1. The smallest absolute Gasteiger partial charge is 0.265 e. The number of benzene rings is 3. The molecule has 156 valence electrons. The van der Waals surface area contributed by atoms with Crippen LogP contribution in [0.25, 0.3) is 10.8 Å². The van der Waals surface area contributed by atoms with Gasteiger partial charge in [-0.3, -0.25) is 9.10 Å². The predicted octanol–water partition coefficient (Wildman–Crippen LogP) is 3.78. The third-order valence-corrected chi connectivity index (χ3v) is 6.92. The molecular formula is C25H17N3O3S. The van der Waals surface area contributed by atoms with Gasteiger partial charge in [-0.05, 0) is 53.8 Å². The molecule has 0 unspecified atom stereocenters. The molecule has 1 N–H and O–H groups in total. The molecule has 0 radical (unpaired) electrons. The van der Waals surface area contributed by atoms with Gasteiger partial charge in [-0.1, -0.05) is 42.3 Å². The maximum Gasteiger partial charge on any atom is 0.265 e. The van der Waals surface area contributed by atoms with Crippen molar-refractivity contribution in [1.82, 2.24) is 4.98 Å². The standard InChI is InChI=1S/C25H17N3O3S/c29-24(27-21-10-3-6-18(16-21)13-14-20-9-1-2-15-26-20)17-28-22-11-4-7-19-8-5-12-23(25(19)22)32(28,30)31/h1-12,15-16H,17H2,(H,27,29). The Morgan fingerprint density at radius 2 is 1.75 bits per heavy atom. The van der Waals surface area contributed by atoms with Crippen molar-refractivity contribution in [2.45, 2.75) is 4.90 Å². The van der Waals surface area contributed by atoms with E-state index >= 15 is 0 Å². The van der Waals surface area contributed by atoms with Crippen LogP contribution >= 0.6 is 0 Å². The summed E-state index contributed by atoms with van der Waals surface area (Å²) < 4.78 is 27.3. The van der Waals surface area contributed by atoms with Crippen LogP contribution in [0.1, 0.15) is 11.3 Å². The molecule has 1 amide bonds. The van der Waals surface area contributed by atoms with E-state index in [0.29, 0.717) is 28.0 Å². The molecule has 0 saturated carbocycles. The number of hydrogen-bond donors (Lipinski definition) is 1. The Labute approximate surface area is 185 Å². The first-order chi connectivity index (χ1) is 15.5. The lowest BCUT2D eigenvalue weighted by atomic mass is 10.1. The Balaban J connectivity index is 1.36. The van der Waals surface area contributed by atoms with Crippen molar-refractivity contribution in [3.05, 3.63) is 96.3 Å².